The number of anilines is 1. The molecule has 1 N–H and O–H groups in total. The Morgan fingerprint density at radius 1 is 1.04 bits per heavy atom. The highest BCUT2D eigenvalue weighted by molar-refractivity contribution is 5.96. The average molecular weight is 367 g/mol. The smallest absolute Gasteiger partial charge is 0.452 e. The maximum Gasteiger partial charge on any atom is 0.573 e. The lowest BCUT2D eigenvalue weighted by atomic mass is 10.0. The summed E-state index contributed by atoms with van der Waals surface area (Å²) >= 11 is 0. The summed E-state index contributed by atoms with van der Waals surface area (Å²) < 4.78 is 44.9. The number of alkyl halides is 3. The van der Waals surface area contributed by atoms with Gasteiger partial charge in [0.25, 0.3) is 5.91 Å². The van der Waals surface area contributed by atoms with Crippen molar-refractivity contribution in [2.45, 2.75) is 20.2 Å². The van der Waals surface area contributed by atoms with Crippen molar-refractivity contribution in [3.63, 3.8) is 0 Å². The minimum atomic E-state index is -4.78. The van der Waals surface area contributed by atoms with Gasteiger partial charge in [0.1, 0.15) is 5.75 Å². The van der Waals surface area contributed by atoms with Crippen LogP contribution in [0.4, 0.5) is 18.9 Å². The standard InChI is InChI=1S/C18H16F3NO4/c1-11-4-3-5-15(12(11)2)17(24)25-10-16(23)22-13-6-8-14(9-7-13)26-18(19,20)21/h3-9H,10H2,1-2H3,(H,22,23). The van der Waals surface area contributed by atoms with E-state index in [4.69, 9.17) is 4.74 Å². The number of halogens is 3. The highest BCUT2D eigenvalue weighted by atomic mass is 19.4. The molecule has 0 aromatic heterocycles. The first kappa shape index (κ1) is 19.3. The molecule has 26 heavy (non-hydrogen) atoms. The van der Waals surface area contributed by atoms with Crippen LogP contribution in [-0.4, -0.2) is 24.8 Å². The molecule has 138 valence electrons. The molecule has 0 heterocycles. The van der Waals surface area contributed by atoms with Crippen molar-refractivity contribution in [3.8, 4) is 5.75 Å². The summed E-state index contributed by atoms with van der Waals surface area (Å²) in [7, 11) is 0. The predicted octanol–water partition coefficient (Wildman–Crippen LogP) is 4.00. The Morgan fingerprint density at radius 3 is 2.31 bits per heavy atom. The summed E-state index contributed by atoms with van der Waals surface area (Å²) in [5, 5.41) is 2.41. The van der Waals surface area contributed by atoms with Crippen molar-refractivity contribution in [2.75, 3.05) is 11.9 Å². The Hall–Kier alpha value is -3.03. The van der Waals surface area contributed by atoms with Crippen LogP contribution < -0.4 is 10.1 Å². The third kappa shape index (κ3) is 5.51. The van der Waals surface area contributed by atoms with Gasteiger partial charge in [-0.1, -0.05) is 12.1 Å². The number of nitrogens with one attached hydrogen (secondary N) is 1. The van der Waals surface area contributed by atoms with Crippen LogP contribution in [0.15, 0.2) is 42.5 Å². The van der Waals surface area contributed by atoms with Gasteiger partial charge in [-0.3, -0.25) is 4.79 Å². The molecule has 2 aromatic rings. The lowest BCUT2D eigenvalue weighted by molar-refractivity contribution is -0.274. The number of carbonyl (C=O) groups is 2. The van der Waals surface area contributed by atoms with E-state index in [1.165, 1.54) is 12.1 Å². The van der Waals surface area contributed by atoms with Gasteiger partial charge < -0.3 is 14.8 Å². The van der Waals surface area contributed by atoms with E-state index in [2.05, 4.69) is 10.1 Å². The van der Waals surface area contributed by atoms with Crippen LogP contribution in [0.25, 0.3) is 0 Å². The summed E-state index contributed by atoms with van der Waals surface area (Å²) in [6, 6.07) is 9.77. The lowest BCUT2D eigenvalue weighted by Crippen LogP contribution is -2.21. The monoisotopic (exact) mass is 367 g/mol. The maximum absolute atomic E-state index is 12.1. The van der Waals surface area contributed by atoms with E-state index in [-0.39, 0.29) is 5.69 Å². The fraction of sp³-hybridized carbons (Fsp3) is 0.222. The van der Waals surface area contributed by atoms with Gasteiger partial charge in [0.05, 0.1) is 5.56 Å². The van der Waals surface area contributed by atoms with E-state index in [0.29, 0.717) is 5.56 Å². The zero-order valence-corrected chi connectivity index (χ0v) is 14.0. The second-order valence-corrected chi connectivity index (χ2v) is 5.44. The van der Waals surface area contributed by atoms with Gasteiger partial charge >= 0.3 is 12.3 Å². The largest absolute Gasteiger partial charge is 0.573 e. The van der Waals surface area contributed by atoms with Gasteiger partial charge in [-0.05, 0) is 55.3 Å². The van der Waals surface area contributed by atoms with Gasteiger partial charge in [0.15, 0.2) is 6.61 Å². The molecule has 0 fully saturated rings. The third-order valence-corrected chi connectivity index (χ3v) is 3.53. The minimum Gasteiger partial charge on any atom is -0.452 e. The van der Waals surface area contributed by atoms with Crippen LogP contribution in [0.2, 0.25) is 0 Å². The topological polar surface area (TPSA) is 64.6 Å². The normalized spacial score (nSPS) is 11.0. The first-order chi connectivity index (χ1) is 12.2. The second-order valence-electron chi connectivity index (χ2n) is 5.44. The molecule has 8 heteroatoms. The van der Waals surface area contributed by atoms with E-state index in [1.807, 2.05) is 13.0 Å². The van der Waals surface area contributed by atoms with Crippen LogP contribution in [0, 0.1) is 13.8 Å². The van der Waals surface area contributed by atoms with Gasteiger partial charge in [0, 0.05) is 5.69 Å². The number of benzene rings is 2. The minimum absolute atomic E-state index is 0.243. The van der Waals surface area contributed by atoms with Crippen LogP contribution in [0.5, 0.6) is 5.75 Å². The van der Waals surface area contributed by atoms with E-state index in [0.717, 1.165) is 23.3 Å². The summed E-state index contributed by atoms with van der Waals surface area (Å²) in [5.41, 5.74) is 2.29. The zero-order chi connectivity index (χ0) is 19.3. The van der Waals surface area contributed by atoms with Crippen LogP contribution in [0.1, 0.15) is 21.5 Å². The summed E-state index contributed by atoms with van der Waals surface area (Å²) in [6.45, 7) is 3.11. The molecule has 0 unspecified atom stereocenters. The molecule has 1 amide bonds. The molecule has 0 saturated carbocycles. The van der Waals surface area contributed by atoms with Crippen molar-refractivity contribution in [3.05, 3.63) is 59.2 Å². The number of esters is 1. The van der Waals surface area contributed by atoms with Crippen molar-refractivity contribution in [2.24, 2.45) is 0 Å². The Labute approximate surface area is 147 Å². The molecule has 0 saturated heterocycles. The summed E-state index contributed by atoms with van der Waals surface area (Å²) in [5.74, 6) is -1.65. The van der Waals surface area contributed by atoms with E-state index >= 15 is 0 Å². The van der Waals surface area contributed by atoms with E-state index < -0.39 is 30.6 Å². The molecular weight excluding hydrogens is 351 g/mol. The highest BCUT2D eigenvalue weighted by Gasteiger charge is 2.30. The first-order valence-electron chi connectivity index (χ1n) is 7.55. The second kappa shape index (κ2) is 7.90. The van der Waals surface area contributed by atoms with Crippen molar-refractivity contribution < 1.29 is 32.2 Å². The quantitative estimate of drug-likeness (QED) is 0.812. The molecule has 0 aliphatic heterocycles. The molecule has 0 radical (unpaired) electrons. The highest BCUT2D eigenvalue weighted by Crippen LogP contribution is 2.24. The fourth-order valence-corrected chi connectivity index (χ4v) is 2.12. The Kier molecular flexibility index (Phi) is 5.86. The first-order valence-corrected chi connectivity index (χ1v) is 7.55. The molecule has 5 nitrogen and oxygen atoms in total. The van der Waals surface area contributed by atoms with Gasteiger partial charge in [-0.2, -0.15) is 0 Å². The number of carbonyl (C=O) groups excluding carboxylic acids is 2. The van der Waals surface area contributed by atoms with Gasteiger partial charge in [-0.25, -0.2) is 4.79 Å². The van der Waals surface area contributed by atoms with Crippen LogP contribution in [0.3, 0.4) is 0 Å². The molecule has 0 aliphatic rings. The Balaban J connectivity index is 1.89. The van der Waals surface area contributed by atoms with E-state index in [9.17, 15) is 22.8 Å². The molecule has 0 aliphatic carbocycles. The van der Waals surface area contributed by atoms with Crippen molar-refractivity contribution in [1.29, 1.82) is 0 Å². The van der Waals surface area contributed by atoms with Gasteiger partial charge in [0.2, 0.25) is 0 Å². The van der Waals surface area contributed by atoms with Crippen molar-refractivity contribution in [1.82, 2.24) is 0 Å². The SMILES string of the molecule is Cc1cccc(C(=O)OCC(=O)Nc2ccc(OC(F)(F)F)cc2)c1C. The number of ether oxygens (including phenoxy) is 2. The maximum atomic E-state index is 12.1. The number of aryl methyl sites for hydroxylation is 1. The Morgan fingerprint density at radius 2 is 1.69 bits per heavy atom. The molecule has 0 bridgehead atoms. The molecule has 2 rings (SSSR count). The number of rotatable bonds is 5. The zero-order valence-electron chi connectivity index (χ0n) is 14.0. The predicted molar refractivity (Wildman–Crippen MR) is 88.0 cm³/mol. The van der Waals surface area contributed by atoms with Crippen LogP contribution >= 0.6 is 0 Å². The number of hydrogen-bond acceptors (Lipinski definition) is 4. The fourth-order valence-electron chi connectivity index (χ4n) is 2.12. The molecule has 2 aromatic carbocycles. The molecule has 0 atom stereocenters. The molecule has 0 spiro atoms. The summed E-state index contributed by atoms with van der Waals surface area (Å²) in [6.07, 6.45) is -4.78. The number of hydrogen-bond donors (Lipinski definition) is 1. The third-order valence-electron chi connectivity index (χ3n) is 3.53. The van der Waals surface area contributed by atoms with Crippen molar-refractivity contribution >= 4 is 17.6 Å². The average Bonchev–Trinajstić information content (AvgIpc) is 2.55. The Bertz CT molecular complexity index is 801. The van der Waals surface area contributed by atoms with E-state index in [1.54, 1.807) is 19.1 Å². The summed E-state index contributed by atoms with van der Waals surface area (Å²) in [4.78, 5) is 23.8. The van der Waals surface area contributed by atoms with Gasteiger partial charge in [-0.15, -0.1) is 13.2 Å². The molecular formula is C18H16F3NO4. The number of amides is 1. The lowest BCUT2D eigenvalue weighted by Gasteiger charge is -2.11. The van der Waals surface area contributed by atoms with Crippen LogP contribution in [-0.2, 0) is 9.53 Å².